The normalized spacial score (nSPS) is 24.2. The van der Waals surface area contributed by atoms with Gasteiger partial charge in [-0.25, -0.2) is 0 Å². The van der Waals surface area contributed by atoms with Crippen molar-refractivity contribution in [1.29, 1.82) is 0 Å². The van der Waals surface area contributed by atoms with Crippen molar-refractivity contribution in [2.45, 2.75) is 31.8 Å². The molecule has 4 nitrogen and oxygen atoms in total. The van der Waals surface area contributed by atoms with Gasteiger partial charge in [-0.05, 0) is 37.8 Å². The van der Waals surface area contributed by atoms with Crippen molar-refractivity contribution < 1.29 is 14.6 Å². The molecule has 92 valence electrons. The lowest BCUT2D eigenvalue weighted by molar-refractivity contribution is -0.143. The van der Waals surface area contributed by atoms with Crippen LogP contribution < -0.4 is 10.5 Å². The maximum atomic E-state index is 10.8. The van der Waals surface area contributed by atoms with Crippen LogP contribution in [0.5, 0.6) is 5.75 Å². The van der Waals surface area contributed by atoms with Crippen LogP contribution in [0.2, 0.25) is 0 Å². The lowest BCUT2D eigenvalue weighted by Crippen LogP contribution is -2.28. The van der Waals surface area contributed by atoms with Crippen molar-refractivity contribution >= 4 is 11.7 Å². The van der Waals surface area contributed by atoms with Crippen LogP contribution in [0.25, 0.3) is 0 Å². The number of para-hydroxylation sites is 2. The van der Waals surface area contributed by atoms with Crippen molar-refractivity contribution in [2.75, 3.05) is 5.73 Å². The van der Waals surface area contributed by atoms with Crippen molar-refractivity contribution in [3.8, 4) is 5.75 Å². The van der Waals surface area contributed by atoms with Gasteiger partial charge in [-0.3, -0.25) is 4.79 Å². The zero-order chi connectivity index (χ0) is 12.3. The highest BCUT2D eigenvalue weighted by molar-refractivity contribution is 5.70. The molecule has 1 fully saturated rings. The van der Waals surface area contributed by atoms with Gasteiger partial charge in [0.15, 0.2) is 0 Å². The smallest absolute Gasteiger partial charge is 0.306 e. The number of nitrogens with two attached hydrogens (primary N) is 1. The van der Waals surface area contributed by atoms with Gasteiger partial charge in [-0.2, -0.15) is 0 Å². The third-order valence-electron chi connectivity index (χ3n) is 3.24. The molecule has 0 amide bonds. The molecule has 1 aliphatic rings. The summed E-state index contributed by atoms with van der Waals surface area (Å²) in [6.45, 7) is 0. The number of rotatable bonds is 3. The van der Waals surface area contributed by atoms with E-state index in [1.54, 1.807) is 6.07 Å². The van der Waals surface area contributed by atoms with Gasteiger partial charge in [0.25, 0.3) is 0 Å². The first-order chi connectivity index (χ1) is 8.16. The van der Waals surface area contributed by atoms with E-state index < -0.39 is 5.97 Å². The summed E-state index contributed by atoms with van der Waals surface area (Å²) >= 11 is 0. The molecule has 0 saturated heterocycles. The van der Waals surface area contributed by atoms with Crippen LogP contribution in [0.15, 0.2) is 24.3 Å². The second-order valence-electron chi connectivity index (χ2n) is 4.47. The standard InChI is InChI=1S/C13H17NO3/c14-11-3-1-2-4-12(11)17-10-7-5-9(6-8-10)13(15)16/h1-4,9-10H,5-8,14H2,(H,15,16). The predicted octanol–water partition coefficient (Wildman–Crippen LogP) is 2.29. The van der Waals surface area contributed by atoms with E-state index in [0.717, 1.165) is 12.8 Å². The topological polar surface area (TPSA) is 72.5 Å². The number of anilines is 1. The maximum absolute atomic E-state index is 10.8. The van der Waals surface area contributed by atoms with Crippen LogP contribution in [0.3, 0.4) is 0 Å². The number of nitrogen functional groups attached to an aromatic ring is 1. The highest BCUT2D eigenvalue weighted by atomic mass is 16.5. The molecule has 0 aromatic heterocycles. The molecular formula is C13H17NO3. The van der Waals surface area contributed by atoms with Gasteiger partial charge in [-0.1, -0.05) is 12.1 Å². The molecule has 0 radical (unpaired) electrons. The van der Waals surface area contributed by atoms with E-state index in [2.05, 4.69) is 0 Å². The quantitative estimate of drug-likeness (QED) is 0.788. The molecule has 1 saturated carbocycles. The molecule has 0 unspecified atom stereocenters. The van der Waals surface area contributed by atoms with E-state index in [9.17, 15) is 4.79 Å². The first-order valence-electron chi connectivity index (χ1n) is 5.91. The molecule has 4 heteroatoms. The molecule has 3 N–H and O–H groups in total. The van der Waals surface area contributed by atoms with E-state index in [-0.39, 0.29) is 12.0 Å². The second-order valence-corrected chi connectivity index (χ2v) is 4.47. The molecule has 0 atom stereocenters. The fourth-order valence-corrected chi connectivity index (χ4v) is 2.20. The number of hydrogen-bond donors (Lipinski definition) is 2. The Morgan fingerprint density at radius 1 is 1.24 bits per heavy atom. The largest absolute Gasteiger partial charge is 0.488 e. The number of hydrogen-bond acceptors (Lipinski definition) is 3. The first-order valence-corrected chi connectivity index (χ1v) is 5.91. The zero-order valence-electron chi connectivity index (χ0n) is 9.63. The van der Waals surface area contributed by atoms with E-state index in [1.165, 1.54) is 0 Å². The fourth-order valence-electron chi connectivity index (χ4n) is 2.20. The zero-order valence-corrected chi connectivity index (χ0v) is 9.63. The highest BCUT2D eigenvalue weighted by Gasteiger charge is 2.27. The Labute approximate surface area is 100 Å². The van der Waals surface area contributed by atoms with Gasteiger partial charge >= 0.3 is 5.97 Å². The van der Waals surface area contributed by atoms with Crippen LogP contribution in [0.1, 0.15) is 25.7 Å². The van der Waals surface area contributed by atoms with Gasteiger partial charge in [0.05, 0.1) is 17.7 Å². The Morgan fingerprint density at radius 3 is 2.47 bits per heavy atom. The average Bonchev–Trinajstić information content (AvgIpc) is 2.33. The van der Waals surface area contributed by atoms with Gasteiger partial charge in [0, 0.05) is 0 Å². The van der Waals surface area contributed by atoms with E-state index in [1.807, 2.05) is 18.2 Å². The van der Waals surface area contributed by atoms with Gasteiger partial charge in [-0.15, -0.1) is 0 Å². The number of carbonyl (C=O) groups is 1. The summed E-state index contributed by atoms with van der Waals surface area (Å²) in [7, 11) is 0. The maximum Gasteiger partial charge on any atom is 0.306 e. The van der Waals surface area contributed by atoms with E-state index in [0.29, 0.717) is 24.3 Å². The van der Waals surface area contributed by atoms with Crippen molar-refractivity contribution in [1.82, 2.24) is 0 Å². The summed E-state index contributed by atoms with van der Waals surface area (Å²) in [6, 6.07) is 7.40. The minimum atomic E-state index is -0.692. The average molecular weight is 235 g/mol. The lowest BCUT2D eigenvalue weighted by Gasteiger charge is -2.27. The Morgan fingerprint density at radius 2 is 1.88 bits per heavy atom. The lowest BCUT2D eigenvalue weighted by atomic mass is 9.87. The molecule has 1 aromatic carbocycles. The summed E-state index contributed by atoms with van der Waals surface area (Å²) < 4.78 is 5.80. The highest BCUT2D eigenvalue weighted by Crippen LogP contribution is 2.29. The molecule has 1 aromatic rings. The summed E-state index contributed by atoms with van der Waals surface area (Å²) in [5.74, 6) is -0.197. The SMILES string of the molecule is Nc1ccccc1OC1CCC(C(=O)O)CC1. The molecular weight excluding hydrogens is 218 g/mol. The Bertz CT molecular complexity index is 397. The fraction of sp³-hybridized carbons (Fsp3) is 0.462. The Kier molecular flexibility index (Phi) is 3.52. The Hall–Kier alpha value is -1.71. The predicted molar refractivity (Wildman–Crippen MR) is 64.9 cm³/mol. The third-order valence-corrected chi connectivity index (χ3v) is 3.24. The number of carboxylic acids is 1. The molecule has 0 heterocycles. The number of carboxylic acid groups (broad SMARTS) is 1. The number of ether oxygens (including phenoxy) is 1. The molecule has 17 heavy (non-hydrogen) atoms. The molecule has 0 bridgehead atoms. The van der Waals surface area contributed by atoms with Crippen molar-refractivity contribution in [3.63, 3.8) is 0 Å². The van der Waals surface area contributed by atoms with Crippen molar-refractivity contribution in [2.24, 2.45) is 5.92 Å². The monoisotopic (exact) mass is 235 g/mol. The van der Waals surface area contributed by atoms with Gasteiger partial charge in [0.1, 0.15) is 5.75 Å². The first kappa shape index (κ1) is 11.8. The summed E-state index contributed by atoms with van der Waals surface area (Å²) in [4.78, 5) is 10.8. The van der Waals surface area contributed by atoms with E-state index >= 15 is 0 Å². The third kappa shape index (κ3) is 2.90. The Balaban J connectivity index is 1.90. The number of benzene rings is 1. The molecule has 0 aliphatic heterocycles. The molecule has 1 aliphatic carbocycles. The van der Waals surface area contributed by atoms with Crippen LogP contribution in [-0.2, 0) is 4.79 Å². The summed E-state index contributed by atoms with van der Waals surface area (Å²) in [5.41, 5.74) is 6.43. The van der Waals surface area contributed by atoms with Crippen molar-refractivity contribution in [3.05, 3.63) is 24.3 Å². The molecule has 2 rings (SSSR count). The number of aliphatic carboxylic acids is 1. The second kappa shape index (κ2) is 5.08. The summed E-state index contributed by atoms with van der Waals surface area (Å²) in [5, 5.41) is 8.90. The van der Waals surface area contributed by atoms with Gasteiger partial charge < -0.3 is 15.6 Å². The summed E-state index contributed by atoms with van der Waals surface area (Å²) in [6.07, 6.45) is 3.03. The minimum absolute atomic E-state index is 0.0929. The minimum Gasteiger partial charge on any atom is -0.488 e. The van der Waals surface area contributed by atoms with Crippen LogP contribution in [0, 0.1) is 5.92 Å². The van der Waals surface area contributed by atoms with E-state index in [4.69, 9.17) is 15.6 Å². The van der Waals surface area contributed by atoms with Gasteiger partial charge in [0.2, 0.25) is 0 Å². The van der Waals surface area contributed by atoms with Crippen LogP contribution in [-0.4, -0.2) is 17.2 Å². The van der Waals surface area contributed by atoms with Crippen LogP contribution >= 0.6 is 0 Å². The molecule has 0 spiro atoms. The van der Waals surface area contributed by atoms with Crippen LogP contribution in [0.4, 0.5) is 5.69 Å².